The molecule has 0 saturated heterocycles. The molecule has 0 radical (unpaired) electrons. The second kappa shape index (κ2) is 7.45. The maximum absolute atomic E-state index is 12.2. The van der Waals surface area contributed by atoms with Gasteiger partial charge in [0.2, 0.25) is 0 Å². The van der Waals surface area contributed by atoms with Crippen LogP contribution in [-0.2, 0) is 13.1 Å². The average molecular weight is 333 g/mol. The highest BCUT2D eigenvalue weighted by Crippen LogP contribution is 2.16. The fourth-order valence-electron chi connectivity index (χ4n) is 2.80. The highest BCUT2D eigenvalue weighted by atomic mass is 16.1. The molecule has 1 heterocycles. The number of hydrogen-bond donors (Lipinski definition) is 0. The minimum atomic E-state index is -0.0890. The Morgan fingerprint density at radius 1 is 0.960 bits per heavy atom. The molecule has 4 heteroatoms. The number of aryl methyl sites for hydroxylation is 1. The van der Waals surface area contributed by atoms with Gasteiger partial charge in [-0.05, 0) is 38.2 Å². The summed E-state index contributed by atoms with van der Waals surface area (Å²) in [5.41, 5.74) is 5.24. The molecular weight excluding hydrogens is 310 g/mol. The molecule has 0 aliphatic heterocycles. The zero-order chi connectivity index (χ0) is 17.8. The quantitative estimate of drug-likeness (QED) is 0.719. The standard InChI is InChI=1S/C21H23N3O/c1-16-7-9-19(10-8-16)20-11-12-21(25)24(22-20)15-18-6-4-5-17(13-18)14-23(2)3/h4-13H,14-15H2,1-3H3. The van der Waals surface area contributed by atoms with Gasteiger partial charge >= 0.3 is 0 Å². The van der Waals surface area contributed by atoms with E-state index in [1.165, 1.54) is 15.8 Å². The third-order valence-corrected chi connectivity index (χ3v) is 4.04. The minimum absolute atomic E-state index is 0.0890. The number of benzene rings is 2. The molecule has 0 bridgehead atoms. The van der Waals surface area contributed by atoms with E-state index in [1.54, 1.807) is 12.1 Å². The van der Waals surface area contributed by atoms with Gasteiger partial charge in [-0.3, -0.25) is 4.79 Å². The first-order valence-electron chi connectivity index (χ1n) is 8.39. The number of aromatic nitrogens is 2. The van der Waals surface area contributed by atoms with E-state index < -0.39 is 0 Å². The summed E-state index contributed by atoms with van der Waals surface area (Å²) in [4.78, 5) is 14.3. The maximum Gasteiger partial charge on any atom is 0.267 e. The predicted molar refractivity (Wildman–Crippen MR) is 102 cm³/mol. The molecule has 3 aromatic rings. The van der Waals surface area contributed by atoms with E-state index >= 15 is 0 Å². The Bertz CT molecular complexity index is 911. The summed E-state index contributed by atoms with van der Waals surface area (Å²) >= 11 is 0. The summed E-state index contributed by atoms with van der Waals surface area (Å²) in [6.07, 6.45) is 0. The van der Waals surface area contributed by atoms with Crippen molar-refractivity contribution in [2.75, 3.05) is 14.1 Å². The van der Waals surface area contributed by atoms with Crippen LogP contribution in [0.4, 0.5) is 0 Å². The second-order valence-electron chi connectivity index (χ2n) is 6.64. The van der Waals surface area contributed by atoms with Crippen molar-refractivity contribution >= 4 is 0 Å². The second-order valence-corrected chi connectivity index (χ2v) is 6.64. The van der Waals surface area contributed by atoms with Crippen molar-refractivity contribution < 1.29 is 0 Å². The van der Waals surface area contributed by atoms with E-state index in [1.807, 2.05) is 38.4 Å². The lowest BCUT2D eigenvalue weighted by Crippen LogP contribution is -2.23. The van der Waals surface area contributed by atoms with Gasteiger partial charge in [0.25, 0.3) is 5.56 Å². The molecule has 0 atom stereocenters. The Kier molecular flexibility index (Phi) is 5.10. The fraction of sp³-hybridized carbons (Fsp3) is 0.238. The summed E-state index contributed by atoms with van der Waals surface area (Å²) in [5, 5.41) is 4.55. The topological polar surface area (TPSA) is 38.1 Å². The van der Waals surface area contributed by atoms with Crippen LogP contribution in [0, 0.1) is 6.92 Å². The SMILES string of the molecule is Cc1ccc(-c2ccc(=O)n(Cc3cccc(CN(C)C)c3)n2)cc1. The summed E-state index contributed by atoms with van der Waals surface area (Å²) in [7, 11) is 4.09. The van der Waals surface area contributed by atoms with Crippen molar-refractivity contribution in [2.24, 2.45) is 0 Å². The van der Waals surface area contributed by atoms with E-state index in [0.717, 1.165) is 23.4 Å². The van der Waals surface area contributed by atoms with Crippen LogP contribution in [0.3, 0.4) is 0 Å². The first-order valence-corrected chi connectivity index (χ1v) is 8.39. The molecule has 0 amide bonds. The van der Waals surface area contributed by atoms with Gasteiger partial charge < -0.3 is 4.90 Å². The minimum Gasteiger partial charge on any atom is -0.305 e. The highest BCUT2D eigenvalue weighted by molar-refractivity contribution is 5.58. The first-order chi connectivity index (χ1) is 12.0. The van der Waals surface area contributed by atoms with Gasteiger partial charge in [-0.25, -0.2) is 4.68 Å². The van der Waals surface area contributed by atoms with Crippen LogP contribution in [0.2, 0.25) is 0 Å². The zero-order valence-electron chi connectivity index (χ0n) is 14.9. The van der Waals surface area contributed by atoms with Crippen molar-refractivity contribution in [3.8, 4) is 11.3 Å². The molecule has 25 heavy (non-hydrogen) atoms. The van der Waals surface area contributed by atoms with Crippen molar-refractivity contribution in [2.45, 2.75) is 20.0 Å². The molecule has 0 N–H and O–H groups in total. The van der Waals surface area contributed by atoms with Gasteiger partial charge in [0, 0.05) is 18.2 Å². The van der Waals surface area contributed by atoms with Crippen molar-refractivity contribution in [3.05, 3.63) is 87.7 Å². The largest absolute Gasteiger partial charge is 0.305 e. The Hall–Kier alpha value is -2.72. The van der Waals surface area contributed by atoms with Crippen LogP contribution >= 0.6 is 0 Å². The van der Waals surface area contributed by atoms with E-state index in [-0.39, 0.29) is 5.56 Å². The maximum atomic E-state index is 12.2. The predicted octanol–water partition coefficient (Wildman–Crippen LogP) is 3.33. The lowest BCUT2D eigenvalue weighted by molar-refractivity contribution is 0.402. The third-order valence-electron chi connectivity index (χ3n) is 4.04. The van der Waals surface area contributed by atoms with E-state index in [4.69, 9.17) is 0 Å². The molecule has 2 aromatic carbocycles. The molecule has 3 rings (SSSR count). The smallest absolute Gasteiger partial charge is 0.267 e. The molecule has 0 unspecified atom stereocenters. The molecule has 128 valence electrons. The molecule has 0 fully saturated rings. The van der Waals surface area contributed by atoms with E-state index in [0.29, 0.717) is 6.54 Å². The van der Waals surface area contributed by atoms with Gasteiger partial charge in [-0.2, -0.15) is 5.10 Å². The monoisotopic (exact) mass is 333 g/mol. The Morgan fingerprint density at radius 3 is 2.40 bits per heavy atom. The normalized spacial score (nSPS) is 11.0. The molecular formula is C21H23N3O. The van der Waals surface area contributed by atoms with Crippen molar-refractivity contribution in [1.82, 2.24) is 14.7 Å². The number of rotatable bonds is 5. The highest BCUT2D eigenvalue weighted by Gasteiger charge is 2.05. The summed E-state index contributed by atoms with van der Waals surface area (Å²) < 4.78 is 1.53. The zero-order valence-corrected chi connectivity index (χ0v) is 14.9. The molecule has 1 aromatic heterocycles. The van der Waals surface area contributed by atoms with Gasteiger partial charge in [-0.15, -0.1) is 0 Å². The van der Waals surface area contributed by atoms with Crippen LogP contribution in [0.5, 0.6) is 0 Å². The van der Waals surface area contributed by atoms with Gasteiger partial charge in [0.1, 0.15) is 0 Å². The first kappa shape index (κ1) is 17.1. The van der Waals surface area contributed by atoms with E-state index in [9.17, 15) is 4.79 Å². The van der Waals surface area contributed by atoms with Crippen LogP contribution in [0.1, 0.15) is 16.7 Å². The summed E-state index contributed by atoms with van der Waals surface area (Å²) in [5.74, 6) is 0. The fourth-order valence-corrected chi connectivity index (χ4v) is 2.80. The Morgan fingerprint density at radius 2 is 1.68 bits per heavy atom. The molecule has 0 spiro atoms. The molecule has 0 saturated carbocycles. The molecule has 0 aliphatic carbocycles. The number of hydrogen-bond acceptors (Lipinski definition) is 3. The average Bonchev–Trinajstić information content (AvgIpc) is 2.57. The van der Waals surface area contributed by atoms with Gasteiger partial charge in [0.15, 0.2) is 0 Å². The third kappa shape index (κ3) is 4.43. The van der Waals surface area contributed by atoms with Crippen molar-refractivity contribution in [1.29, 1.82) is 0 Å². The summed E-state index contributed by atoms with van der Waals surface area (Å²) in [6.45, 7) is 3.40. The van der Waals surface area contributed by atoms with Gasteiger partial charge in [0.05, 0.1) is 12.2 Å². The summed E-state index contributed by atoms with van der Waals surface area (Å²) in [6, 6.07) is 19.8. The van der Waals surface area contributed by atoms with E-state index in [2.05, 4.69) is 41.2 Å². The van der Waals surface area contributed by atoms with Crippen LogP contribution < -0.4 is 5.56 Å². The Labute approximate surface area is 148 Å². The Balaban J connectivity index is 1.89. The molecule has 0 aliphatic rings. The van der Waals surface area contributed by atoms with Crippen LogP contribution in [0.25, 0.3) is 11.3 Å². The van der Waals surface area contributed by atoms with Gasteiger partial charge in [-0.1, -0.05) is 54.1 Å². The van der Waals surface area contributed by atoms with Crippen molar-refractivity contribution in [3.63, 3.8) is 0 Å². The molecule has 4 nitrogen and oxygen atoms in total. The lowest BCUT2D eigenvalue weighted by Gasteiger charge is -2.12. The number of nitrogens with zero attached hydrogens (tertiary/aromatic N) is 3. The lowest BCUT2D eigenvalue weighted by atomic mass is 10.1. The van der Waals surface area contributed by atoms with Crippen LogP contribution in [0.15, 0.2) is 65.5 Å². The van der Waals surface area contributed by atoms with Crippen LogP contribution in [-0.4, -0.2) is 28.8 Å².